The van der Waals surface area contributed by atoms with Crippen LogP contribution in [-0.4, -0.2) is 33.1 Å². The Kier molecular flexibility index (Phi) is 7.16. The molecule has 3 saturated carbocycles. The molecule has 3 heteroatoms. The molecule has 0 amide bonds. The third kappa shape index (κ3) is 5.00. The summed E-state index contributed by atoms with van der Waals surface area (Å²) in [5.74, 6) is 1.59. The van der Waals surface area contributed by atoms with Crippen LogP contribution < -0.4 is 0 Å². The lowest BCUT2D eigenvalue weighted by Gasteiger charge is -2.44. The predicted octanol–water partition coefficient (Wildman–Crippen LogP) is 5.48. The van der Waals surface area contributed by atoms with Crippen LogP contribution in [-0.2, 0) is 0 Å². The molecule has 0 spiro atoms. The molecule has 0 aromatic rings. The van der Waals surface area contributed by atoms with Crippen molar-refractivity contribution >= 4 is 0 Å². The molecule has 3 N–H and O–H groups in total. The van der Waals surface area contributed by atoms with E-state index in [1.807, 2.05) is 0 Å². The molecule has 168 valence electrons. The van der Waals surface area contributed by atoms with E-state index in [9.17, 15) is 15.3 Å². The first-order chi connectivity index (χ1) is 14.0. The van der Waals surface area contributed by atoms with Crippen LogP contribution in [0.25, 0.3) is 0 Å². The number of aliphatic hydroxyl groups is 3. The second-order valence-electron chi connectivity index (χ2n) is 10.9. The van der Waals surface area contributed by atoms with Gasteiger partial charge in [0.15, 0.2) is 0 Å². The quantitative estimate of drug-likeness (QED) is 0.522. The van der Waals surface area contributed by atoms with E-state index < -0.39 is 11.7 Å². The number of rotatable bonds is 5. The van der Waals surface area contributed by atoms with Gasteiger partial charge in [0.05, 0.1) is 11.7 Å². The predicted molar refractivity (Wildman–Crippen MR) is 124 cm³/mol. The first-order valence-electron chi connectivity index (χ1n) is 11.9. The molecule has 3 fully saturated rings. The maximum atomic E-state index is 10.2. The molecule has 0 radical (unpaired) electrons. The third-order valence-electron chi connectivity index (χ3n) is 8.18. The molecule has 0 unspecified atom stereocenters. The number of aliphatic hydroxyl groups excluding tert-OH is 2. The van der Waals surface area contributed by atoms with E-state index in [1.165, 1.54) is 43.3 Å². The van der Waals surface area contributed by atoms with Crippen LogP contribution in [0.3, 0.4) is 0 Å². The number of fused-ring (bicyclic) bond motifs is 1. The van der Waals surface area contributed by atoms with Crippen LogP contribution in [0.5, 0.6) is 0 Å². The molecule has 0 heterocycles. The van der Waals surface area contributed by atoms with Crippen LogP contribution in [0.1, 0.15) is 79.1 Å². The van der Waals surface area contributed by atoms with Crippen molar-refractivity contribution < 1.29 is 15.3 Å². The van der Waals surface area contributed by atoms with E-state index in [-0.39, 0.29) is 11.5 Å². The van der Waals surface area contributed by atoms with Crippen molar-refractivity contribution in [3.8, 4) is 0 Å². The van der Waals surface area contributed by atoms with Crippen molar-refractivity contribution in [2.24, 2.45) is 23.2 Å². The lowest BCUT2D eigenvalue weighted by molar-refractivity contribution is -0.0229. The van der Waals surface area contributed by atoms with Crippen molar-refractivity contribution in [1.29, 1.82) is 0 Å². The summed E-state index contributed by atoms with van der Waals surface area (Å²) < 4.78 is 0. The highest BCUT2D eigenvalue weighted by atomic mass is 16.3. The van der Waals surface area contributed by atoms with Gasteiger partial charge in [0.25, 0.3) is 0 Å². The molecule has 0 aliphatic heterocycles. The van der Waals surface area contributed by atoms with Crippen molar-refractivity contribution in [2.75, 3.05) is 0 Å². The van der Waals surface area contributed by atoms with E-state index in [1.54, 1.807) is 25.5 Å². The molecule has 3 rings (SSSR count). The van der Waals surface area contributed by atoms with Crippen LogP contribution >= 0.6 is 0 Å². The highest BCUT2D eigenvalue weighted by Crippen LogP contribution is 2.59. The number of hydrogen-bond acceptors (Lipinski definition) is 3. The van der Waals surface area contributed by atoms with E-state index in [0.29, 0.717) is 17.8 Å². The lowest BCUT2D eigenvalue weighted by atomic mass is 9.61. The summed E-state index contributed by atoms with van der Waals surface area (Å²) in [5.41, 5.74) is 3.15. The van der Waals surface area contributed by atoms with Gasteiger partial charge in [-0.3, -0.25) is 0 Å². The lowest BCUT2D eigenvalue weighted by Crippen LogP contribution is -2.36. The largest absolute Gasteiger partial charge is 0.393 e. The molecule has 0 bridgehead atoms. The SMILES string of the molecule is C=C1CC[C@H](O)C/C1=C/C=C1\CCC[C@]2(C)[C@@H]([C@H](C)/C=C/[C@H](O)C(C)(C)O)CC[C@@H]12. The monoisotopic (exact) mass is 414 g/mol. The zero-order valence-electron chi connectivity index (χ0n) is 19.4. The molecule has 0 aromatic carbocycles. The maximum Gasteiger partial charge on any atom is 0.100 e. The van der Waals surface area contributed by atoms with Gasteiger partial charge in [-0.2, -0.15) is 0 Å². The minimum Gasteiger partial charge on any atom is -0.393 e. The van der Waals surface area contributed by atoms with Crippen molar-refractivity contribution in [3.05, 3.63) is 47.6 Å². The smallest absolute Gasteiger partial charge is 0.100 e. The zero-order valence-corrected chi connectivity index (χ0v) is 19.4. The highest BCUT2D eigenvalue weighted by molar-refractivity contribution is 5.36. The first-order valence-corrected chi connectivity index (χ1v) is 11.9. The first kappa shape index (κ1) is 23.5. The summed E-state index contributed by atoms with van der Waals surface area (Å²) in [6.45, 7) is 12.2. The van der Waals surface area contributed by atoms with E-state index >= 15 is 0 Å². The van der Waals surface area contributed by atoms with E-state index in [0.717, 1.165) is 19.3 Å². The molecule has 0 saturated heterocycles. The Morgan fingerprint density at radius 3 is 2.57 bits per heavy atom. The molecular formula is C27H42O3. The van der Waals surface area contributed by atoms with Gasteiger partial charge in [0, 0.05) is 0 Å². The summed E-state index contributed by atoms with van der Waals surface area (Å²) in [7, 11) is 0. The molecule has 6 atom stereocenters. The minimum atomic E-state index is -1.11. The Balaban J connectivity index is 1.75. The Bertz CT molecular complexity index is 723. The van der Waals surface area contributed by atoms with Gasteiger partial charge < -0.3 is 15.3 Å². The van der Waals surface area contributed by atoms with Gasteiger partial charge in [-0.05, 0) is 94.0 Å². The van der Waals surface area contributed by atoms with Crippen LogP contribution in [0.15, 0.2) is 47.6 Å². The molecule has 0 aromatic heterocycles. The van der Waals surface area contributed by atoms with E-state index in [4.69, 9.17) is 0 Å². The van der Waals surface area contributed by atoms with Gasteiger partial charge in [0.2, 0.25) is 0 Å². The van der Waals surface area contributed by atoms with E-state index in [2.05, 4.69) is 38.7 Å². The summed E-state index contributed by atoms with van der Waals surface area (Å²) in [6, 6.07) is 0. The van der Waals surface area contributed by atoms with Gasteiger partial charge >= 0.3 is 0 Å². The Morgan fingerprint density at radius 2 is 1.87 bits per heavy atom. The normalized spacial score (nSPS) is 37.7. The molecule has 3 aliphatic rings. The Morgan fingerprint density at radius 1 is 1.13 bits per heavy atom. The molecule has 3 aliphatic carbocycles. The summed E-state index contributed by atoms with van der Waals surface area (Å²) in [4.78, 5) is 0. The average molecular weight is 415 g/mol. The average Bonchev–Trinajstić information content (AvgIpc) is 3.03. The maximum absolute atomic E-state index is 10.2. The second-order valence-corrected chi connectivity index (χ2v) is 10.9. The zero-order chi connectivity index (χ0) is 22.1. The fraction of sp³-hybridized carbons (Fsp3) is 0.704. The van der Waals surface area contributed by atoms with Gasteiger partial charge in [-0.15, -0.1) is 0 Å². The molecular weight excluding hydrogens is 372 g/mol. The fourth-order valence-corrected chi connectivity index (χ4v) is 6.19. The topological polar surface area (TPSA) is 60.7 Å². The summed E-state index contributed by atoms with van der Waals surface area (Å²) >= 11 is 0. The van der Waals surface area contributed by atoms with Gasteiger partial charge in [-0.25, -0.2) is 0 Å². The van der Waals surface area contributed by atoms with Gasteiger partial charge in [-0.1, -0.05) is 55.9 Å². The summed E-state index contributed by atoms with van der Waals surface area (Å²) in [6.07, 6.45) is 16.0. The standard InChI is InChI=1S/C27H42O3/c1-18-8-12-22(28)17-21(18)11-10-20-7-6-16-27(5)23(13-14-24(20)27)19(2)9-15-25(29)26(3,4)30/h9-11,15,19,22-25,28-30H,1,6-8,12-14,16-17H2,2-5H3/b15-9+,20-10+,21-11-/t19-,22+,23-,24+,25+,27-/m1/s1. The minimum absolute atomic E-state index is 0.223. The van der Waals surface area contributed by atoms with Crippen molar-refractivity contribution in [2.45, 2.75) is 96.9 Å². The van der Waals surface area contributed by atoms with Crippen molar-refractivity contribution in [1.82, 2.24) is 0 Å². The second kappa shape index (κ2) is 9.14. The molecule has 30 heavy (non-hydrogen) atoms. The number of allylic oxidation sites excluding steroid dienone is 5. The van der Waals surface area contributed by atoms with Crippen LogP contribution in [0.4, 0.5) is 0 Å². The Labute approximate surface area is 183 Å². The fourth-order valence-electron chi connectivity index (χ4n) is 6.19. The number of hydrogen-bond donors (Lipinski definition) is 3. The Hall–Kier alpha value is -1.16. The van der Waals surface area contributed by atoms with Crippen molar-refractivity contribution in [3.63, 3.8) is 0 Å². The van der Waals surface area contributed by atoms with Gasteiger partial charge in [0.1, 0.15) is 6.10 Å². The third-order valence-corrected chi connectivity index (χ3v) is 8.18. The van der Waals surface area contributed by atoms with Crippen LogP contribution in [0.2, 0.25) is 0 Å². The molecule has 3 nitrogen and oxygen atoms in total. The highest BCUT2D eigenvalue weighted by Gasteiger charge is 2.50. The van der Waals surface area contributed by atoms with Crippen LogP contribution in [0, 0.1) is 23.2 Å². The summed E-state index contributed by atoms with van der Waals surface area (Å²) in [5, 5.41) is 30.2.